The lowest BCUT2D eigenvalue weighted by atomic mass is 9.77. The summed E-state index contributed by atoms with van der Waals surface area (Å²) in [6, 6.07) is 10.3. The van der Waals surface area contributed by atoms with Gasteiger partial charge < -0.3 is 4.74 Å². The van der Waals surface area contributed by atoms with Gasteiger partial charge in [-0.25, -0.2) is 0 Å². The molecule has 0 heterocycles. The summed E-state index contributed by atoms with van der Waals surface area (Å²) < 4.78 is 5.18. The fourth-order valence-corrected chi connectivity index (χ4v) is 2.90. The van der Waals surface area contributed by atoms with E-state index in [2.05, 4.69) is 25.6 Å². The summed E-state index contributed by atoms with van der Waals surface area (Å²) in [5.74, 6) is -0.190. The first-order valence-corrected chi connectivity index (χ1v) is 7.29. The minimum Gasteiger partial charge on any atom is -0.466 e. The molecule has 1 atom stereocenters. The smallest absolute Gasteiger partial charge is 0.309 e. The fourth-order valence-electron chi connectivity index (χ4n) is 2.90. The van der Waals surface area contributed by atoms with E-state index in [1.165, 1.54) is 16.7 Å². The molecule has 0 saturated carbocycles. The highest BCUT2D eigenvalue weighted by molar-refractivity contribution is 5.81. The number of rotatable bonds is 4. The molecule has 0 spiro atoms. The number of benzene rings is 1. The summed E-state index contributed by atoms with van der Waals surface area (Å²) in [5.41, 5.74) is 4.83. The number of carbonyl (C=O) groups is 1. The molecule has 1 aromatic carbocycles. The van der Waals surface area contributed by atoms with E-state index in [9.17, 15) is 4.79 Å². The van der Waals surface area contributed by atoms with Gasteiger partial charge in [-0.15, -0.1) is 0 Å². The molecule has 106 valence electrons. The lowest BCUT2D eigenvalue weighted by Crippen LogP contribution is -2.22. The molecule has 0 saturated heterocycles. The molecule has 1 unspecified atom stereocenters. The number of allylic oxidation sites excluding steroid dienone is 3. The average Bonchev–Trinajstić information content (AvgIpc) is 2.47. The van der Waals surface area contributed by atoms with Gasteiger partial charge in [0.25, 0.3) is 0 Å². The molecule has 2 nitrogen and oxygen atoms in total. The topological polar surface area (TPSA) is 26.3 Å². The molecule has 1 aromatic rings. The molecule has 20 heavy (non-hydrogen) atoms. The predicted molar refractivity (Wildman–Crippen MR) is 82.2 cm³/mol. The van der Waals surface area contributed by atoms with Gasteiger partial charge in [0.1, 0.15) is 0 Å². The van der Waals surface area contributed by atoms with E-state index in [-0.39, 0.29) is 11.9 Å². The Morgan fingerprint density at radius 3 is 2.55 bits per heavy atom. The van der Waals surface area contributed by atoms with Crippen LogP contribution in [-0.2, 0) is 9.53 Å². The monoisotopic (exact) mass is 270 g/mol. The Morgan fingerprint density at radius 1 is 1.25 bits per heavy atom. The van der Waals surface area contributed by atoms with Gasteiger partial charge >= 0.3 is 5.97 Å². The van der Waals surface area contributed by atoms with Crippen molar-refractivity contribution >= 4 is 11.5 Å². The average molecular weight is 270 g/mol. The molecule has 0 radical (unpaired) electrons. The van der Waals surface area contributed by atoms with E-state index >= 15 is 0 Å². The highest BCUT2D eigenvalue weighted by atomic mass is 16.5. The van der Waals surface area contributed by atoms with Crippen molar-refractivity contribution in [1.82, 2.24) is 0 Å². The van der Waals surface area contributed by atoms with Crippen LogP contribution in [0.15, 0.2) is 48.1 Å². The van der Waals surface area contributed by atoms with Crippen molar-refractivity contribution in [2.24, 2.45) is 5.92 Å². The number of hydrogen-bond acceptors (Lipinski definition) is 2. The first kappa shape index (κ1) is 14.6. The lowest BCUT2D eigenvalue weighted by molar-refractivity contribution is -0.147. The predicted octanol–water partition coefficient (Wildman–Crippen LogP) is 4.38. The third-order valence-corrected chi connectivity index (χ3v) is 3.83. The Labute approximate surface area is 121 Å². The van der Waals surface area contributed by atoms with Crippen LogP contribution in [-0.4, -0.2) is 12.6 Å². The highest BCUT2D eigenvalue weighted by Crippen LogP contribution is 2.40. The summed E-state index contributed by atoms with van der Waals surface area (Å²) in [4.78, 5) is 12.0. The molecule has 0 aromatic heterocycles. The van der Waals surface area contributed by atoms with E-state index in [0.717, 1.165) is 24.8 Å². The van der Waals surface area contributed by atoms with Crippen molar-refractivity contribution in [2.45, 2.75) is 33.1 Å². The molecule has 2 heteroatoms. The summed E-state index contributed by atoms with van der Waals surface area (Å²) >= 11 is 0. The Morgan fingerprint density at radius 2 is 1.95 bits per heavy atom. The SMILES string of the molecule is C=C1CC(C(=O)OCC)CC(c2ccccc2)=C1CC. The van der Waals surface area contributed by atoms with Gasteiger partial charge in [0.2, 0.25) is 0 Å². The second kappa shape index (κ2) is 6.56. The Balaban J connectivity index is 2.34. The maximum atomic E-state index is 12.0. The van der Waals surface area contributed by atoms with E-state index < -0.39 is 0 Å². The lowest BCUT2D eigenvalue weighted by Gasteiger charge is -2.28. The second-order valence-electron chi connectivity index (χ2n) is 5.14. The quantitative estimate of drug-likeness (QED) is 0.759. The number of ether oxygens (including phenoxy) is 1. The number of esters is 1. The van der Waals surface area contributed by atoms with Crippen molar-refractivity contribution in [3.63, 3.8) is 0 Å². The summed E-state index contributed by atoms with van der Waals surface area (Å²) in [6.07, 6.45) is 2.43. The number of carbonyl (C=O) groups excluding carboxylic acids is 1. The second-order valence-corrected chi connectivity index (χ2v) is 5.14. The van der Waals surface area contributed by atoms with Crippen LogP contribution in [0.5, 0.6) is 0 Å². The van der Waals surface area contributed by atoms with Gasteiger partial charge in [0.05, 0.1) is 12.5 Å². The highest BCUT2D eigenvalue weighted by Gasteiger charge is 2.29. The van der Waals surface area contributed by atoms with Crippen molar-refractivity contribution in [3.8, 4) is 0 Å². The molecule has 1 aliphatic carbocycles. The maximum absolute atomic E-state index is 12.0. The van der Waals surface area contributed by atoms with Crippen molar-refractivity contribution in [1.29, 1.82) is 0 Å². The molecular weight excluding hydrogens is 248 g/mol. The van der Waals surface area contributed by atoms with Crippen LogP contribution < -0.4 is 0 Å². The minimum absolute atomic E-state index is 0.0899. The van der Waals surface area contributed by atoms with Crippen LogP contribution in [0, 0.1) is 5.92 Å². The Bertz CT molecular complexity index is 526. The van der Waals surface area contributed by atoms with Crippen LogP contribution >= 0.6 is 0 Å². The third kappa shape index (κ3) is 3.01. The van der Waals surface area contributed by atoms with Gasteiger partial charge in [-0.05, 0) is 42.9 Å². The third-order valence-electron chi connectivity index (χ3n) is 3.83. The van der Waals surface area contributed by atoms with Crippen LogP contribution in [0.2, 0.25) is 0 Å². The molecule has 0 aliphatic heterocycles. The minimum atomic E-state index is -0.0998. The normalized spacial score (nSPS) is 19.1. The molecule has 0 N–H and O–H groups in total. The zero-order valence-corrected chi connectivity index (χ0v) is 12.3. The molecule has 1 aliphatic rings. The van der Waals surface area contributed by atoms with Crippen LogP contribution in [0.25, 0.3) is 5.57 Å². The first-order valence-electron chi connectivity index (χ1n) is 7.29. The van der Waals surface area contributed by atoms with Crippen molar-refractivity contribution in [3.05, 3.63) is 53.6 Å². The van der Waals surface area contributed by atoms with Gasteiger partial charge in [-0.2, -0.15) is 0 Å². The van der Waals surface area contributed by atoms with Crippen LogP contribution in [0.3, 0.4) is 0 Å². The Hall–Kier alpha value is -1.83. The fraction of sp³-hybridized carbons (Fsp3) is 0.389. The van der Waals surface area contributed by atoms with Gasteiger partial charge in [-0.3, -0.25) is 4.79 Å². The summed E-state index contributed by atoms with van der Waals surface area (Å²) in [6.45, 7) is 8.60. The Kier molecular flexibility index (Phi) is 4.78. The first-order chi connectivity index (χ1) is 9.67. The standard InChI is InChI=1S/C18H22O2/c1-4-16-13(3)11-15(18(19)20-5-2)12-17(16)14-9-7-6-8-10-14/h6-10,15H,3-5,11-12H2,1-2H3. The zero-order chi connectivity index (χ0) is 14.5. The summed E-state index contributed by atoms with van der Waals surface area (Å²) in [7, 11) is 0. The van der Waals surface area contributed by atoms with Gasteiger partial charge in [0, 0.05) is 0 Å². The number of hydrogen-bond donors (Lipinski definition) is 0. The summed E-state index contributed by atoms with van der Waals surface area (Å²) in [5, 5.41) is 0. The zero-order valence-electron chi connectivity index (χ0n) is 12.3. The van der Waals surface area contributed by atoms with Crippen molar-refractivity contribution < 1.29 is 9.53 Å². The molecule has 2 rings (SSSR count). The van der Waals surface area contributed by atoms with Gasteiger partial charge in [0.15, 0.2) is 0 Å². The van der Waals surface area contributed by atoms with E-state index in [1.807, 2.05) is 25.1 Å². The maximum Gasteiger partial charge on any atom is 0.309 e. The largest absolute Gasteiger partial charge is 0.466 e. The van der Waals surface area contributed by atoms with E-state index in [0.29, 0.717) is 6.61 Å². The molecular formula is C18H22O2. The van der Waals surface area contributed by atoms with E-state index in [1.54, 1.807) is 0 Å². The molecule has 0 bridgehead atoms. The van der Waals surface area contributed by atoms with Gasteiger partial charge in [-0.1, -0.05) is 49.4 Å². The molecule has 0 amide bonds. The van der Waals surface area contributed by atoms with Crippen LogP contribution in [0.1, 0.15) is 38.7 Å². The van der Waals surface area contributed by atoms with Crippen LogP contribution in [0.4, 0.5) is 0 Å². The van der Waals surface area contributed by atoms with E-state index in [4.69, 9.17) is 4.74 Å². The van der Waals surface area contributed by atoms with Crippen molar-refractivity contribution in [2.75, 3.05) is 6.61 Å². The molecule has 0 fully saturated rings.